The van der Waals surface area contributed by atoms with Crippen molar-refractivity contribution >= 4 is 5.84 Å². The van der Waals surface area contributed by atoms with Gasteiger partial charge in [0.25, 0.3) is 0 Å². The minimum Gasteiger partial charge on any atom is -0.479 e. The van der Waals surface area contributed by atoms with Crippen molar-refractivity contribution in [3.63, 3.8) is 0 Å². The third-order valence-electron chi connectivity index (χ3n) is 1.29. The summed E-state index contributed by atoms with van der Waals surface area (Å²) in [5.41, 5.74) is 2.67. The summed E-state index contributed by atoms with van der Waals surface area (Å²) in [7, 11) is 1.46. The van der Waals surface area contributed by atoms with Gasteiger partial charge in [0.15, 0.2) is 0 Å². The lowest BCUT2D eigenvalue weighted by Gasteiger charge is -2.05. The van der Waals surface area contributed by atoms with E-state index in [-0.39, 0.29) is 11.7 Å². The number of rotatable bonds is 2. The van der Waals surface area contributed by atoms with E-state index in [0.29, 0.717) is 5.56 Å². The molecular weight excluding hydrogens is 158 g/mol. The molecule has 0 aromatic carbocycles. The zero-order chi connectivity index (χ0) is 8.97. The van der Waals surface area contributed by atoms with Crippen LogP contribution in [0.4, 0.5) is 0 Å². The van der Waals surface area contributed by atoms with Gasteiger partial charge in [-0.3, -0.25) is 5.41 Å². The Kier molecular flexibility index (Phi) is 2.54. The number of nitrogens with one attached hydrogen (secondary N) is 2. The van der Waals surface area contributed by atoms with Crippen LogP contribution in [0.5, 0.6) is 5.88 Å². The van der Waals surface area contributed by atoms with E-state index in [9.17, 15) is 0 Å². The molecule has 0 bridgehead atoms. The third-order valence-corrected chi connectivity index (χ3v) is 1.29. The average Bonchev–Trinajstić information content (AvgIpc) is 2.16. The lowest BCUT2D eigenvalue weighted by Crippen LogP contribution is -2.30. The molecule has 1 heterocycles. The largest absolute Gasteiger partial charge is 0.479 e. The molecule has 0 aliphatic rings. The topological polar surface area (TPSA) is 96.9 Å². The first-order valence-electron chi connectivity index (χ1n) is 3.20. The minimum atomic E-state index is 0.0433. The molecule has 0 spiro atoms. The lowest BCUT2D eigenvalue weighted by molar-refractivity contribution is 0.390. The normalized spacial score (nSPS) is 9.17. The summed E-state index contributed by atoms with van der Waals surface area (Å²) in [5.74, 6) is 5.37. The molecule has 6 heteroatoms. The predicted molar refractivity (Wildman–Crippen MR) is 42.7 cm³/mol. The van der Waals surface area contributed by atoms with Crippen LogP contribution in [0.15, 0.2) is 12.3 Å². The summed E-state index contributed by atoms with van der Waals surface area (Å²) in [6, 6.07) is 1.59. The maximum atomic E-state index is 7.34. The van der Waals surface area contributed by atoms with E-state index in [2.05, 4.69) is 15.6 Å². The molecule has 0 aliphatic carbocycles. The van der Waals surface area contributed by atoms with Crippen molar-refractivity contribution in [3.8, 4) is 5.88 Å². The SMILES string of the molecule is COc1nnccc1C(=N)NN. The first-order valence-corrected chi connectivity index (χ1v) is 3.20. The number of hydrogen-bond donors (Lipinski definition) is 3. The van der Waals surface area contributed by atoms with Crippen molar-refractivity contribution in [1.29, 1.82) is 5.41 Å². The Morgan fingerprint density at radius 3 is 3.08 bits per heavy atom. The van der Waals surface area contributed by atoms with Crippen LogP contribution in [-0.2, 0) is 0 Å². The fourth-order valence-corrected chi connectivity index (χ4v) is 0.738. The molecule has 1 aromatic rings. The van der Waals surface area contributed by atoms with Gasteiger partial charge < -0.3 is 10.2 Å². The fraction of sp³-hybridized carbons (Fsp3) is 0.167. The number of aromatic nitrogens is 2. The van der Waals surface area contributed by atoms with Crippen LogP contribution >= 0.6 is 0 Å². The summed E-state index contributed by atoms with van der Waals surface area (Å²) in [6.07, 6.45) is 1.46. The van der Waals surface area contributed by atoms with E-state index in [4.69, 9.17) is 16.0 Å². The van der Waals surface area contributed by atoms with Gasteiger partial charge in [-0.25, -0.2) is 5.84 Å². The molecule has 0 amide bonds. The summed E-state index contributed by atoms with van der Waals surface area (Å²) < 4.78 is 4.86. The number of nitrogens with two attached hydrogens (primary N) is 1. The second-order valence-electron chi connectivity index (χ2n) is 1.97. The molecule has 1 rings (SSSR count). The van der Waals surface area contributed by atoms with Crippen LogP contribution in [0.25, 0.3) is 0 Å². The highest BCUT2D eigenvalue weighted by molar-refractivity contribution is 5.97. The Balaban J connectivity index is 3.04. The van der Waals surface area contributed by atoms with Crippen LogP contribution in [0.3, 0.4) is 0 Å². The van der Waals surface area contributed by atoms with Gasteiger partial charge in [0.2, 0.25) is 5.88 Å². The van der Waals surface area contributed by atoms with Gasteiger partial charge in [-0.1, -0.05) is 0 Å². The Bertz CT molecular complexity index is 287. The zero-order valence-electron chi connectivity index (χ0n) is 6.53. The molecule has 12 heavy (non-hydrogen) atoms. The van der Waals surface area contributed by atoms with Crippen LogP contribution in [-0.4, -0.2) is 23.1 Å². The summed E-state index contributed by atoms with van der Waals surface area (Å²) in [5, 5.41) is 14.6. The molecule has 6 nitrogen and oxygen atoms in total. The highest BCUT2D eigenvalue weighted by atomic mass is 16.5. The number of hydrazine groups is 1. The Hall–Kier alpha value is -1.69. The second-order valence-corrected chi connectivity index (χ2v) is 1.97. The number of ether oxygens (including phenoxy) is 1. The van der Waals surface area contributed by atoms with Crippen LogP contribution < -0.4 is 16.0 Å². The van der Waals surface area contributed by atoms with Gasteiger partial charge in [-0.05, 0) is 6.07 Å². The number of methoxy groups -OCH3 is 1. The predicted octanol–water partition coefficient (Wildman–Crippen LogP) is -0.726. The van der Waals surface area contributed by atoms with Crippen molar-refractivity contribution < 1.29 is 4.74 Å². The highest BCUT2D eigenvalue weighted by Crippen LogP contribution is 2.10. The van der Waals surface area contributed by atoms with E-state index >= 15 is 0 Å². The Morgan fingerprint density at radius 2 is 2.50 bits per heavy atom. The van der Waals surface area contributed by atoms with Crippen molar-refractivity contribution in [3.05, 3.63) is 17.8 Å². The van der Waals surface area contributed by atoms with Gasteiger partial charge in [-0.2, -0.15) is 5.10 Å². The molecule has 0 radical (unpaired) electrons. The van der Waals surface area contributed by atoms with E-state index in [1.165, 1.54) is 13.3 Å². The molecule has 4 N–H and O–H groups in total. The summed E-state index contributed by atoms with van der Waals surface area (Å²) in [6.45, 7) is 0. The van der Waals surface area contributed by atoms with Crippen LogP contribution in [0, 0.1) is 5.41 Å². The Morgan fingerprint density at radius 1 is 1.75 bits per heavy atom. The van der Waals surface area contributed by atoms with E-state index in [1.54, 1.807) is 6.07 Å². The molecule has 0 unspecified atom stereocenters. The summed E-state index contributed by atoms with van der Waals surface area (Å²) >= 11 is 0. The molecule has 0 aliphatic heterocycles. The van der Waals surface area contributed by atoms with Crippen molar-refractivity contribution in [2.45, 2.75) is 0 Å². The molecule has 0 saturated carbocycles. The molecule has 64 valence electrons. The van der Waals surface area contributed by atoms with Gasteiger partial charge in [0.05, 0.1) is 18.9 Å². The van der Waals surface area contributed by atoms with Crippen molar-refractivity contribution in [2.75, 3.05) is 7.11 Å². The Labute approximate surface area is 69.2 Å². The fourth-order valence-electron chi connectivity index (χ4n) is 0.738. The number of amidine groups is 1. The van der Waals surface area contributed by atoms with Crippen LogP contribution in [0.2, 0.25) is 0 Å². The smallest absolute Gasteiger partial charge is 0.244 e. The third kappa shape index (κ3) is 1.48. The molecule has 1 aromatic heterocycles. The van der Waals surface area contributed by atoms with Crippen molar-refractivity contribution in [2.24, 2.45) is 5.84 Å². The molecule has 0 fully saturated rings. The minimum absolute atomic E-state index is 0.0433. The van der Waals surface area contributed by atoms with Gasteiger partial charge >= 0.3 is 0 Å². The van der Waals surface area contributed by atoms with E-state index in [1.807, 2.05) is 0 Å². The maximum absolute atomic E-state index is 7.34. The van der Waals surface area contributed by atoms with E-state index < -0.39 is 0 Å². The summed E-state index contributed by atoms with van der Waals surface area (Å²) in [4.78, 5) is 0. The first-order chi connectivity index (χ1) is 5.79. The molecule has 0 saturated heterocycles. The number of hydrogen-bond acceptors (Lipinski definition) is 5. The van der Waals surface area contributed by atoms with E-state index in [0.717, 1.165) is 0 Å². The first kappa shape index (κ1) is 8.41. The van der Waals surface area contributed by atoms with Crippen molar-refractivity contribution in [1.82, 2.24) is 15.6 Å². The van der Waals surface area contributed by atoms with Crippen LogP contribution in [0.1, 0.15) is 5.56 Å². The van der Waals surface area contributed by atoms with Gasteiger partial charge in [0.1, 0.15) is 5.84 Å². The van der Waals surface area contributed by atoms with Gasteiger partial charge in [0, 0.05) is 0 Å². The highest BCUT2D eigenvalue weighted by Gasteiger charge is 2.07. The monoisotopic (exact) mass is 167 g/mol. The molecular formula is C6H9N5O. The lowest BCUT2D eigenvalue weighted by atomic mass is 10.3. The van der Waals surface area contributed by atoms with Gasteiger partial charge in [-0.15, -0.1) is 5.10 Å². The maximum Gasteiger partial charge on any atom is 0.244 e. The average molecular weight is 167 g/mol. The second kappa shape index (κ2) is 3.63. The number of nitrogens with zero attached hydrogens (tertiary/aromatic N) is 2. The molecule has 0 atom stereocenters. The quantitative estimate of drug-likeness (QED) is 0.233. The zero-order valence-corrected chi connectivity index (χ0v) is 6.53. The standard InChI is InChI=1S/C6H9N5O/c1-12-6-4(5(7)10-8)2-3-9-11-6/h2-3H,8H2,1H3,(H2,7,10).